The molecule has 67 heavy (non-hydrogen) atoms. The molecule has 10 aromatic carbocycles. The molecular formula is C62H44BN3O. The van der Waals surface area contributed by atoms with Crippen LogP contribution in [0.1, 0.15) is 25.3 Å². The lowest BCUT2D eigenvalue weighted by atomic mass is 9.45. The first-order chi connectivity index (χ1) is 33.2. The Hall–Kier alpha value is -8.28. The minimum atomic E-state index is -0.152. The van der Waals surface area contributed by atoms with E-state index in [9.17, 15) is 0 Å². The fourth-order valence-electron chi connectivity index (χ4n) is 11.5. The summed E-state index contributed by atoms with van der Waals surface area (Å²) in [5.74, 6) is 0. The van der Waals surface area contributed by atoms with E-state index in [2.05, 4.69) is 234 Å². The first kappa shape index (κ1) is 38.0. The number of benzene rings is 10. The summed E-state index contributed by atoms with van der Waals surface area (Å²) >= 11 is 0. The van der Waals surface area contributed by atoms with Crippen LogP contribution in [0.2, 0.25) is 0 Å². The zero-order valence-corrected chi connectivity index (χ0v) is 37.2. The molecule has 14 rings (SSSR count). The van der Waals surface area contributed by atoms with Crippen LogP contribution in [0.4, 0.5) is 34.1 Å². The lowest BCUT2D eigenvalue weighted by molar-refractivity contribution is 0.669. The Kier molecular flexibility index (Phi) is 8.45. The number of rotatable bonds is 8. The third-order valence-corrected chi connectivity index (χ3v) is 14.5. The molecule has 0 N–H and O–H groups in total. The standard InChI is InChI=1S/C62H44BN3O/c1-2-3-16-40-29-32-45(33-30-40)64(44-20-8-5-9-21-44)46-34-36-54-53(39-46)63-60-52(49-24-14-26-51-59-47-22-11-10-19-42(47)31-35-55(59)66(63)61(49)51)37-43(41-17-6-4-7-18-41)38-57(60)65(54)56-27-15-25-50-48-23-12-13-28-58(48)67-62(50)56/h4-15,17-39H,2-3,16H2,1H3. The second kappa shape index (κ2) is 14.9. The van der Waals surface area contributed by atoms with Crippen LogP contribution in [0.25, 0.3) is 76.8 Å². The van der Waals surface area contributed by atoms with Crippen molar-refractivity contribution in [1.29, 1.82) is 0 Å². The summed E-state index contributed by atoms with van der Waals surface area (Å²) in [6.45, 7) is 2.11. The molecule has 5 heteroatoms. The molecule has 0 fully saturated rings. The van der Waals surface area contributed by atoms with Crippen LogP contribution in [0, 0.1) is 0 Å². The van der Waals surface area contributed by atoms with Gasteiger partial charge in [0.15, 0.2) is 5.58 Å². The Morgan fingerprint density at radius 3 is 2.07 bits per heavy atom. The van der Waals surface area contributed by atoms with Gasteiger partial charge in [-0.05, 0) is 130 Å². The molecular weight excluding hydrogens is 814 g/mol. The zero-order valence-electron chi connectivity index (χ0n) is 37.2. The molecule has 0 spiro atoms. The first-order valence-electron chi connectivity index (χ1n) is 23.7. The highest BCUT2D eigenvalue weighted by Crippen LogP contribution is 2.50. The second-order valence-electron chi connectivity index (χ2n) is 18.2. The molecule has 0 atom stereocenters. The molecule has 2 aromatic heterocycles. The van der Waals surface area contributed by atoms with Crippen molar-refractivity contribution >= 4 is 106 Å². The molecule has 0 radical (unpaired) electrons. The quantitative estimate of drug-likeness (QED) is 0.142. The van der Waals surface area contributed by atoms with Gasteiger partial charge < -0.3 is 18.7 Å². The van der Waals surface area contributed by atoms with E-state index in [1.807, 2.05) is 0 Å². The van der Waals surface area contributed by atoms with Crippen molar-refractivity contribution < 1.29 is 4.42 Å². The Labute approximate surface area is 389 Å². The van der Waals surface area contributed by atoms with E-state index in [4.69, 9.17) is 4.42 Å². The fourth-order valence-corrected chi connectivity index (χ4v) is 11.5. The number of anilines is 6. The number of hydrogen-bond acceptors (Lipinski definition) is 3. The van der Waals surface area contributed by atoms with Crippen molar-refractivity contribution in [3.8, 4) is 22.3 Å². The third-order valence-electron chi connectivity index (χ3n) is 14.5. The SMILES string of the molecule is CCCCc1ccc(N(c2ccccc2)c2ccc3c(c2)B2c4c(cc(-c5ccccc5)cc4N3c3cccc4c3oc3ccccc34)-c3cccc4c5c6ccccc6ccc5n2c34)cc1. The van der Waals surface area contributed by atoms with Gasteiger partial charge in [-0.25, -0.2) is 0 Å². The maximum absolute atomic E-state index is 6.92. The first-order valence-corrected chi connectivity index (χ1v) is 23.7. The smallest absolute Gasteiger partial charge is 0.333 e. The van der Waals surface area contributed by atoms with Gasteiger partial charge >= 0.3 is 6.85 Å². The minimum absolute atomic E-state index is 0.152. The van der Waals surface area contributed by atoms with Crippen molar-refractivity contribution in [1.82, 2.24) is 4.48 Å². The molecule has 4 heterocycles. The number of nitrogens with zero attached hydrogens (tertiary/aromatic N) is 3. The summed E-state index contributed by atoms with van der Waals surface area (Å²) in [6, 6.07) is 78.6. The summed E-state index contributed by atoms with van der Waals surface area (Å²) in [7, 11) is 0. The monoisotopic (exact) mass is 857 g/mol. The summed E-state index contributed by atoms with van der Waals surface area (Å²) in [5, 5.41) is 7.33. The largest absolute Gasteiger partial charge is 0.454 e. The molecule has 316 valence electrons. The number of hydrogen-bond donors (Lipinski definition) is 0. The van der Waals surface area contributed by atoms with Gasteiger partial charge in [0.05, 0.1) is 5.69 Å². The van der Waals surface area contributed by atoms with E-state index >= 15 is 0 Å². The predicted octanol–water partition coefficient (Wildman–Crippen LogP) is 15.7. The van der Waals surface area contributed by atoms with Crippen molar-refractivity contribution in [2.24, 2.45) is 0 Å². The second-order valence-corrected chi connectivity index (χ2v) is 18.2. The number of furan rings is 1. The van der Waals surface area contributed by atoms with Gasteiger partial charge in [-0.1, -0.05) is 153 Å². The van der Waals surface area contributed by atoms with Crippen LogP contribution in [0.3, 0.4) is 0 Å². The highest BCUT2D eigenvalue weighted by atomic mass is 16.3. The van der Waals surface area contributed by atoms with Gasteiger partial charge in [-0.15, -0.1) is 0 Å². The van der Waals surface area contributed by atoms with E-state index in [1.165, 1.54) is 84.2 Å². The summed E-state index contributed by atoms with van der Waals surface area (Å²) in [4.78, 5) is 4.93. The molecule has 2 aliphatic heterocycles. The minimum Gasteiger partial charge on any atom is -0.454 e. The van der Waals surface area contributed by atoms with Crippen molar-refractivity contribution in [2.75, 3.05) is 9.80 Å². The number of fused-ring (bicyclic) bond motifs is 12. The molecule has 0 saturated carbocycles. The number of aryl methyl sites for hydroxylation is 1. The average molecular weight is 858 g/mol. The normalized spacial score (nSPS) is 12.7. The fraction of sp³-hybridized carbons (Fsp3) is 0.0645. The van der Waals surface area contributed by atoms with Crippen molar-refractivity contribution in [3.63, 3.8) is 0 Å². The lowest BCUT2D eigenvalue weighted by Crippen LogP contribution is -2.56. The van der Waals surface area contributed by atoms with Gasteiger partial charge in [-0.3, -0.25) is 0 Å². The maximum Gasteiger partial charge on any atom is 0.333 e. The molecule has 0 bridgehead atoms. The van der Waals surface area contributed by atoms with Crippen LogP contribution >= 0.6 is 0 Å². The van der Waals surface area contributed by atoms with Gasteiger partial charge in [0.25, 0.3) is 0 Å². The van der Waals surface area contributed by atoms with Crippen molar-refractivity contribution in [2.45, 2.75) is 26.2 Å². The van der Waals surface area contributed by atoms with E-state index in [1.54, 1.807) is 0 Å². The predicted molar refractivity (Wildman–Crippen MR) is 283 cm³/mol. The Morgan fingerprint density at radius 2 is 1.22 bits per heavy atom. The average Bonchev–Trinajstić information content (AvgIpc) is 3.95. The number of para-hydroxylation sites is 4. The molecule has 0 aliphatic carbocycles. The Balaban J connectivity index is 1.11. The third kappa shape index (κ3) is 5.68. The Morgan fingerprint density at radius 1 is 0.507 bits per heavy atom. The maximum atomic E-state index is 6.92. The molecule has 0 saturated heterocycles. The van der Waals surface area contributed by atoms with Crippen LogP contribution < -0.4 is 20.7 Å². The van der Waals surface area contributed by atoms with Crippen LogP contribution in [-0.4, -0.2) is 11.3 Å². The van der Waals surface area contributed by atoms with Gasteiger partial charge in [-0.2, -0.15) is 0 Å². The van der Waals surface area contributed by atoms with Crippen LogP contribution in [-0.2, 0) is 6.42 Å². The van der Waals surface area contributed by atoms with Crippen LogP contribution in [0.5, 0.6) is 0 Å². The highest BCUT2D eigenvalue weighted by Gasteiger charge is 2.44. The number of aromatic nitrogens is 1. The van der Waals surface area contributed by atoms with E-state index in [-0.39, 0.29) is 6.85 Å². The van der Waals surface area contributed by atoms with Gasteiger partial charge in [0.2, 0.25) is 0 Å². The molecule has 2 aliphatic rings. The number of unbranched alkanes of at least 4 members (excludes halogenated alkanes) is 1. The Bertz CT molecular complexity index is 3930. The van der Waals surface area contributed by atoms with Crippen LogP contribution in [0.15, 0.2) is 217 Å². The van der Waals surface area contributed by atoms with Gasteiger partial charge in [0, 0.05) is 66.6 Å². The molecule has 0 unspecified atom stereocenters. The zero-order chi connectivity index (χ0) is 44.2. The van der Waals surface area contributed by atoms with Gasteiger partial charge in [0.1, 0.15) is 5.58 Å². The van der Waals surface area contributed by atoms with E-state index in [0.717, 1.165) is 62.5 Å². The highest BCUT2D eigenvalue weighted by molar-refractivity contribution is 6.90. The summed E-state index contributed by atoms with van der Waals surface area (Å²) in [6.07, 6.45) is 3.45. The molecule has 4 nitrogen and oxygen atoms in total. The summed E-state index contributed by atoms with van der Waals surface area (Å²) < 4.78 is 9.60. The molecule has 0 amide bonds. The van der Waals surface area contributed by atoms with E-state index in [0.29, 0.717) is 0 Å². The topological polar surface area (TPSA) is 24.6 Å². The summed E-state index contributed by atoms with van der Waals surface area (Å²) in [5.41, 5.74) is 19.7. The lowest BCUT2D eigenvalue weighted by Gasteiger charge is -2.41. The van der Waals surface area contributed by atoms with E-state index < -0.39 is 0 Å². The molecule has 12 aromatic rings. The van der Waals surface area contributed by atoms with Crippen molar-refractivity contribution in [3.05, 3.63) is 218 Å².